The van der Waals surface area contributed by atoms with Crippen molar-refractivity contribution in [2.45, 2.75) is 25.9 Å². The number of hydrogen-bond donors (Lipinski definition) is 3. The summed E-state index contributed by atoms with van der Waals surface area (Å²) in [6.07, 6.45) is -3.15. The summed E-state index contributed by atoms with van der Waals surface area (Å²) >= 11 is 0. The Kier molecular flexibility index (Phi) is 5.09. The van der Waals surface area contributed by atoms with E-state index in [0.29, 0.717) is 5.56 Å². The van der Waals surface area contributed by atoms with Gasteiger partial charge < -0.3 is 15.4 Å². The van der Waals surface area contributed by atoms with Gasteiger partial charge in [-0.05, 0) is 30.7 Å². The average Bonchev–Trinajstić information content (AvgIpc) is 2.97. The minimum atomic E-state index is -4.72. The number of aromatic nitrogens is 2. The first-order valence-corrected chi connectivity index (χ1v) is 6.72. The SMILES string of the molecule is C[C@@H](NC(=O)NCc1ccn[nH]1)c1ccc(OC(F)(F)F)cc1. The zero-order chi connectivity index (χ0) is 16.9. The van der Waals surface area contributed by atoms with Gasteiger partial charge in [-0.3, -0.25) is 5.10 Å². The molecule has 1 atom stereocenters. The Balaban J connectivity index is 1.84. The zero-order valence-electron chi connectivity index (χ0n) is 12.1. The van der Waals surface area contributed by atoms with Crippen LogP contribution >= 0.6 is 0 Å². The number of carbonyl (C=O) groups excluding carboxylic acids is 1. The molecule has 9 heteroatoms. The third kappa shape index (κ3) is 5.53. The van der Waals surface area contributed by atoms with Crippen molar-refractivity contribution in [3.63, 3.8) is 0 Å². The van der Waals surface area contributed by atoms with E-state index in [2.05, 4.69) is 25.6 Å². The first-order valence-electron chi connectivity index (χ1n) is 6.72. The van der Waals surface area contributed by atoms with E-state index in [1.807, 2.05) is 0 Å². The highest BCUT2D eigenvalue weighted by molar-refractivity contribution is 5.74. The van der Waals surface area contributed by atoms with Gasteiger partial charge in [0, 0.05) is 6.20 Å². The van der Waals surface area contributed by atoms with Gasteiger partial charge in [0.2, 0.25) is 0 Å². The molecule has 0 aliphatic heterocycles. The van der Waals surface area contributed by atoms with Gasteiger partial charge in [0.05, 0.1) is 18.3 Å². The summed E-state index contributed by atoms with van der Waals surface area (Å²) in [6, 6.07) is 6.26. The van der Waals surface area contributed by atoms with E-state index in [9.17, 15) is 18.0 Å². The van der Waals surface area contributed by atoms with E-state index < -0.39 is 12.4 Å². The minimum Gasteiger partial charge on any atom is -0.406 e. The molecule has 3 N–H and O–H groups in total. The van der Waals surface area contributed by atoms with Crippen LogP contribution in [-0.4, -0.2) is 22.6 Å². The van der Waals surface area contributed by atoms with Crippen molar-refractivity contribution < 1.29 is 22.7 Å². The molecule has 0 radical (unpaired) electrons. The topological polar surface area (TPSA) is 79.0 Å². The van der Waals surface area contributed by atoms with Gasteiger partial charge in [-0.2, -0.15) is 5.10 Å². The maximum atomic E-state index is 12.1. The standard InChI is InChI=1S/C14H15F3N4O2/c1-9(20-13(22)18-8-11-6-7-19-21-11)10-2-4-12(5-3-10)23-14(15,16)17/h2-7,9H,8H2,1H3,(H,19,21)(H2,18,20,22)/t9-/m1/s1. The van der Waals surface area contributed by atoms with Crippen molar-refractivity contribution >= 4 is 6.03 Å². The molecule has 6 nitrogen and oxygen atoms in total. The number of carbonyl (C=O) groups is 1. The number of halogens is 3. The molecular weight excluding hydrogens is 313 g/mol. The predicted octanol–water partition coefficient (Wildman–Crippen LogP) is 2.87. The van der Waals surface area contributed by atoms with E-state index in [0.717, 1.165) is 5.69 Å². The van der Waals surface area contributed by atoms with E-state index in [1.54, 1.807) is 19.2 Å². The van der Waals surface area contributed by atoms with Gasteiger partial charge >= 0.3 is 12.4 Å². The van der Waals surface area contributed by atoms with Gasteiger partial charge in [-0.25, -0.2) is 4.79 Å². The molecule has 2 amide bonds. The first kappa shape index (κ1) is 16.7. The van der Waals surface area contributed by atoms with Crippen molar-refractivity contribution in [2.75, 3.05) is 0 Å². The molecule has 0 saturated carbocycles. The molecule has 1 aromatic heterocycles. The van der Waals surface area contributed by atoms with Crippen LogP contribution in [0.2, 0.25) is 0 Å². The second-order valence-electron chi connectivity index (χ2n) is 4.75. The van der Waals surface area contributed by atoms with Crippen LogP contribution in [0.15, 0.2) is 36.5 Å². The van der Waals surface area contributed by atoms with Crippen LogP contribution in [0.4, 0.5) is 18.0 Å². The van der Waals surface area contributed by atoms with Crippen LogP contribution in [0.3, 0.4) is 0 Å². The quantitative estimate of drug-likeness (QED) is 0.790. The predicted molar refractivity (Wildman–Crippen MR) is 75.5 cm³/mol. The monoisotopic (exact) mass is 328 g/mol. The Morgan fingerprint density at radius 3 is 2.57 bits per heavy atom. The Bertz CT molecular complexity index is 626. The second-order valence-corrected chi connectivity index (χ2v) is 4.75. The lowest BCUT2D eigenvalue weighted by molar-refractivity contribution is -0.274. The Hall–Kier alpha value is -2.71. The second kappa shape index (κ2) is 7.03. The van der Waals surface area contributed by atoms with Crippen LogP contribution in [0, 0.1) is 0 Å². The molecule has 2 rings (SSSR count). The molecule has 0 unspecified atom stereocenters. The van der Waals surface area contributed by atoms with Gasteiger partial charge in [0.25, 0.3) is 0 Å². The molecule has 0 aliphatic carbocycles. The normalized spacial score (nSPS) is 12.5. The number of alkyl halides is 3. The number of H-pyrrole nitrogens is 1. The maximum Gasteiger partial charge on any atom is 0.573 e. The molecular formula is C14H15F3N4O2. The third-order valence-corrected chi connectivity index (χ3v) is 2.96. The summed E-state index contributed by atoms with van der Waals surface area (Å²) in [5.41, 5.74) is 1.40. The highest BCUT2D eigenvalue weighted by Gasteiger charge is 2.31. The summed E-state index contributed by atoms with van der Waals surface area (Å²) < 4.78 is 40.0. The van der Waals surface area contributed by atoms with Crippen molar-refractivity contribution in [2.24, 2.45) is 0 Å². The molecule has 0 aliphatic rings. The van der Waals surface area contributed by atoms with E-state index in [1.165, 1.54) is 24.3 Å². The number of urea groups is 1. The van der Waals surface area contributed by atoms with Crippen molar-refractivity contribution in [3.8, 4) is 5.75 Å². The van der Waals surface area contributed by atoms with Gasteiger partial charge in [0.1, 0.15) is 5.75 Å². The van der Waals surface area contributed by atoms with Crippen LogP contribution in [0.1, 0.15) is 24.2 Å². The van der Waals surface area contributed by atoms with Crippen LogP contribution in [0.5, 0.6) is 5.75 Å². The number of ether oxygens (including phenoxy) is 1. The fourth-order valence-electron chi connectivity index (χ4n) is 1.85. The van der Waals surface area contributed by atoms with Gasteiger partial charge in [0.15, 0.2) is 0 Å². The number of nitrogens with zero attached hydrogens (tertiary/aromatic N) is 1. The molecule has 1 aromatic carbocycles. The lowest BCUT2D eigenvalue weighted by atomic mass is 10.1. The van der Waals surface area contributed by atoms with E-state index >= 15 is 0 Å². The number of aromatic amines is 1. The highest BCUT2D eigenvalue weighted by atomic mass is 19.4. The highest BCUT2D eigenvalue weighted by Crippen LogP contribution is 2.24. The Morgan fingerprint density at radius 1 is 1.30 bits per heavy atom. The molecule has 23 heavy (non-hydrogen) atoms. The number of amides is 2. The lowest BCUT2D eigenvalue weighted by Crippen LogP contribution is -2.36. The van der Waals surface area contributed by atoms with Crippen LogP contribution in [-0.2, 0) is 6.54 Å². The number of benzene rings is 1. The fourth-order valence-corrected chi connectivity index (χ4v) is 1.85. The molecule has 0 saturated heterocycles. The summed E-state index contributed by atoms with van der Waals surface area (Å²) in [7, 11) is 0. The third-order valence-electron chi connectivity index (χ3n) is 2.96. The van der Waals surface area contributed by atoms with Gasteiger partial charge in [-0.15, -0.1) is 13.2 Å². The Morgan fingerprint density at radius 2 is 2.00 bits per heavy atom. The summed E-state index contributed by atoms with van der Waals surface area (Å²) in [5, 5.41) is 11.8. The smallest absolute Gasteiger partial charge is 0.406 e. The molecule has 2 aromatic rings. The van der Waals surface area contributed by atoms with Crippen molar-refractivity contribution in [3.05, 3.63) is 47.8 Å². The van der Waals surface area contributed by atoms with E-state index in [4.69, 9.17) is 0 Å². The van der Waals surface area contributed by atoms with Crippen LogP contribution in [0.25, 0.3) is 0 Å². The molecule has 124 valence electrons. The molecule has 0 fully saturated rings. The van der Waals surface area contributed by atoms with E-state index in [-0.39, 0.29) is 18.3 Å². The van der Waals surface area contributed by atoms with Crippen molar-refractivity contribution in [1.29, 1.82) is 0 Å². The molecule has 0 bridgehead atoms. The number of hydrogen-bond acceptors (Lipinski definition) is 3. The van der Waals surface area contributed by atoms with Crippen LogP contribution < -0.4 is 15.4 Å². The minimum absolute atomic E-state index is 0.289. The zero-order valence-corrected chi connectivity index (χ0v) is 12.1. The summed E-state index contributed by atoms with van der Waals surface area (Å²) in [6.45, 7) is 2.01. The summed E-state index contributed by atoms with van der Waals surface area (Å²) in [4.78, 5) is 11.7. The van der Waals surface area contributed by atoms with Gasteiger partial charge in [-0.1, -0.05) is 12.1 Å². The lowest BCUT2D eigenvalue weighted by Gasteiger charge is -2.16. The molecule has 0 spiro atoms. The molecule has 1 heterocycles. The maximum absolute atomic E-state index is 12.1. The number of nitrogens with one attached hydrogen (secondary N) is 3. The summed E-state index contributed by atoms with van der Waals surface area (Å²) in [5.74, 6) is -0.308. The largest absolute Gasteiger partial charge is 0.573 e. The average molecular weight is 328 g/mol. The van der Waals surface area contributed by atoms with Crippen molar-refractivity contribution in [1.82, 2.24) is 20.8 Å². The Labute approximate surface area is 130 Å². The fraction of sp³-hybridized carbons (Fsp3) is 0.286. The first-order chi connectivity index (χ1) is 10.8. The number of rotatable bonds is 5.